The van der Waals surface area contributed by atoms with Crippen LogP contribution in [0.5, 0.6) is 0 Å². The van der Waals surface area contributed by atoms with Crippen molar-refractivity contribution < 1.29 is 9.63 Å². The maximum Gasteiger partial charge on any atom is 0.339 e. The van der Waals surface area contributed by atoms with Gasteiger partial charge in [0.25, 0.3) is 0 Å². The summed E-state index contributed by atoms with van der Waals surface area (Å²) in [6, 6.07) is 16.2. The Labute approximate surface area is 117 Å². The zero-order valence-corrected chi connectivity index (χ0v) is 11.0. The molecule has 104 valence electrons. The first-order valence-corrected chi connectivity index (χ1v) is 6.23. The van der Waals surface area contributed by atoms with E-state index in [4.69, 9.17) is 16.3 Å². The SMILES string of the molecule is NC(=O)N(Cc1ccc(N)cc1)OCc1ccccc1. The molecule has 0 aliphatic carbocycles. The minimum absolute atomic E-state index is 0.280. The molecule has 0 aliphatic rings. The highest BCUT2D eigenvalue weighted by atomic mass is 16.7. The van der Waals surface area contributed by atoms with Crippen LogP contribution in [0.1, 0.15) is 11.1 Å². The van der Waals surface area contributed by atoms with Crippen LogP contribution in [0.3, 0.4) is 0 Å². The average Bonchev–Trinajstić information content (AvgIpc) is 2.46. The van der Waals surface area contributed by atoms with Gasteiger partial charge in [0.05, 0.1) is 6.54 Å². The second-order valence-electron chi connectivity index (χ2n) is 4.38. The number of amides is 2. The molecule has 0 saturated carbocycles. The number of urea groups is 1. The van der Waals surface area contributed by atoms with E-state index in [1.165, 1.54) is 0 Å². The van der Waals surface area contributed by atoms with Crippen molar-refractivity contribution in [2.75, 3.05) is 5.73 Å². The lowest BCUT2D eigenvalue weighted by Crippen LogP contribution is -2.35. The molecule has 0 bridgehead atoms. The average molecular weight is 271 g/mol. The van der Waals surface area contributed by atoms with Gasteiger partial charge in [-0.3, -0.25) is 4.84 Å². The number of primary amides is 1. The number of anilines is 1. The molecule has 5 heteroatoms. The first-order chi connectivity index (χ1) is 9.65. The van der Waals surface area contributed by atoms with E-state index >= 15 is 0 Å². The Bertz CT molecular complexity index is 555. The Morgan fingerprint density at radius 1 is 1.00 bits per heavy atom. The molecule has 0 unspecified atom stereocenters. The summed E-state index contributed by atoms with van der Waals surface area (Å²) in [6.45, 7) is 0.571. The first-order valence-electron chi connectivity index (χ1n) is 6.23. The van der Waals surface area contributed by atoms with E-state index in [9.17, 15) is 4.79 Å². The second kappa shape index (κ2) is 6.58. The van der Waals surface area contributed by atoms with Gasteiger partial charge in [-0.15, -0.1) is 0 Å². The third kappa shape index (κ3) is 4.00. The first kappa shape index (κ1) is 13.9. The summed E-state index contributed by atoms with van der Waals surface area (Å²) in [6.07, 6.45) is 0. The lowest BCUT2D eigenvalue weighted by molar-refractivity contribution is -0.132. The molecule has 5 nitrogen and oxygen atoms in total. The van der Waals surface area contributed by atoms with Crippen LogP contribution in [-0.2, 0) is 18.0 Å². The zero-order valence-electron chi connectivity index (χ0n) is 11.0. The highest BCUT2D eigenvalue weighted by Crippen LogP contribution is 2.10. The third-order valence-electron chi connectivity index (χ3n) is 2.78. The van der Waals surface area contributed by atoms with Gasteiger partial charge in [-0.05, 0) is 23.3 Å². The topological polar surface area (TPSA) is 81.6 Å². The van der Waals surface area contributed by atoms with Crippen LogP contribution in [0.2, 0.25) is 0 Å². The summed E-state index contributed by atoms with van der Waals surface area (Å²) in [5.41, 5.74) is 13.5. The molecule has 0 aromatic heterocycles. The number of nitrogens with zero attached hydrogens (tertiary/aromatic N) is 1. The van der Waals surface area contributed by atoms with E-state index in [2.05, 4.69) is 0 Å². The number of hydroxylamine groups is 2. The van der Waals surface area contributed by atoms with Gasteiger partial charge in [-0.2, -0.15) is 5.06 Å². The molecule has 4 N–H and O–H groups in total. The summed E-state index contributed by atoms with van der Waals surface area (Å²) in [5, 5.41) is 1.14. The van der Waals surface area contributed by atoms with Gasteiger partial charge in [0.2, 0.25) is 0 Å². The summed E-state index contributed by atoms with van der Waals surface area (Å²) in [5.74, 6) is 0. The highest BCUT2D eigenvalue weighted by molar-refractivity contribution is 5.70. The summed E-state index contributed by atoms with van der Waals surface area (Å²) in [4.78, 5) is 16.8. The number of carbonyl (C=O) groups is 1. The Morgan fingerprint density at radius 3 is 2.25 bits per heavy atom. The summed E-state index contributed by atoms with van der Waals surface area (Å²) >= 11 is 0. The molecule has 0 heterocycles. The molecular formula is C15H17N3O2. The number of hydrogen-bond donors (Lipinski definition) is 2. The molecule has 0 radical (unpaired) electrons. The fourth-order valence-electron chi connectivity index (χ4n) is 1.70. The monoisotopic (exact) mass is 271 g/mol. The van der Waals surface area contributed by atoms with Gasteiger partial charge in [-0.1, -0.05) is 42.5 Å². The van der Waals surface area contributed by atoms with Crippen LogP contribution in [0, 0.1) is 0 Å². The van der Waals surface area contributed by atoms with Gasteiger partial charge in [0.1, 0.15) is 6.61 Å². The van der Waals surface area contributed by atoms with E-state index in [0.717, 1.165) is 16.2 Å². The fourth-order valence-corrected chi connectivity index (χ4v) is 1.70. The van der Waals surface area contributed by atoms with Crippen LogP contribution < -0.4 is 11.5 Å². The van der Waals surface area contributed by atoms with Crippen molar-refractivity contribution in [2.45, 2.75) is 13.2 Å². The standard InChI is InChI=1S/C15H17N3O2/c16-14-8-6-12(7-9-14)10-18(15(17)19)20-11-13-4-2-1-3-5-13/h1-9H,10-11,16H2,(H2,17,19). The van der Waals surface area contributed by atoms with Crippen molar-refractivity contribution in [1.29, 1.82) is 0 Å². The largest absolute Gasteiger partial charge is 0.399 e. The van der Waals surface area contributed by atoms with E-state index in [1.54, 1.807) is 12.1 Å². The van der Waals surface area contributed by atoms with Crippen molar-refractivity contribution in [2.24, 2.45) is 5.73 Å². The van der Waals surface area contributed by atoms with E-state index in [0.29, 0.717) is 12.3 Å². The smallest absolute Gasteiger partial charge is 0.339 e. The summed E-state index contributed by atoms with van der Waals surface area (Å²) < 4.78 is 0. The van der Waals surface area contributed by atoms with Crippen LogP contribution >= 0.6 is 0 Å². The van der Waals surface area contributed by atoms with Gasteiger partial charge < -0.3 is 11.5 Å². The quantitative estimate of drug-likeness (QED) is 0.646. The molecule has 0 spiro atoms. The molecule has 20 heavy (non-hydrogen) atoms. The predicted octanol–water partition coefficient (Wildman–Crippen LogP) is 2.28. The lowest BCUT2D eigenvalue weighted by Gasteiger charge is -2.19. The normalized spacial score (nSPS) is 10.2. The highest BCUT2D eigenvalue weighted by Gasteiger charge is 2.11. The minimum atomic E-state index is -0.627. The van der Waals surface area contributed by atoms with E-state index < -0.39 is 6.03 Å². The summed E-state index contributed by atoms with van der Waals surface area (Å²) in [7, 11) is 0. The Morgan fingerprint density at radius 2 is 1.65 bits per heavy atom. The molecule has 0 saturated heterocycles. The van der Waals surface area contributed by atoms with E-state index in [-0.39, 0.29) is 6.54 Å². The number of hydrogen-bond acceptors (Lipinski definition) is 3. The van der Waals surface area contributed by atoms with Crippen molar-refractivity contribution >= 4 is 11.7 Å². The Balaban J connectivity index is 1.97. The number of carbonyl (C=O) groups excluding carboxylic acids is 1. The number of nitrogens with two attached hydrogens (primary N) is 2. The van der Waals surface area contributed by atoms with Crippen LogP contribution in [0.25, 0.3) is 0 Å². The predicted molar refractivity (Wildman–Crippen MR) is 77.2 cm³/mol. The van der Waals surface area contributed by atoms with Crippen LogP contribution in [0.15, 0.2) is 54.6 Å². The molecule has 0 fully saturated rings. The molecular weight excluding hydrogens is 254 g/mol. The van der Waals surface area contributed by atoms with E-state index in [1.807, 2.05) is 42.5 Å². The molecule has 0 atom stereocenters. The molecule has 2 amide bonds. The van der Waals surface area contributed by atoms with Gasteiger partial charge in [0.15, 0.2) is 0 Å². The zero-order chi connectivity index (χ0) is 14.4. The lowest BCUT2D eigenvalue weighted by atomic mass is 10.2. The molecule has 0 aliphatic heterocycles. The van der Waals surface area contributed by atoms with Gasteiger partial charge in [-0.25, -0.2) is 4.79 Å². The minimum Gasteiger partial charge on any atom is -0.399 e. The maximum atomic E-state index is 11.4. The third-order valence-corrected chi connectivity index (χ3v) is 2.78. The maximum absolute atomic E-state index is 11.4. The van der Waals surface area contributed by atoms with Crippen molar-refractivity contribution in [1.82, 2.24) is 5.06 Å². The fraction of sp³-hybridized carbons (Fsp3) is 0.133. The van der Waals surface area contributed by atoms with Crippen LogP contribution in [0.4, 0.5) is 10.5 Å². The van der Waals surface area contributed by atoms with Gasteiger partial charge in [0, 0.05) is 5.69 Å². The van der Waals surface area contributed by atoms with Crippen LogP contribution in [-0.4, -0.2) is 11.1 Å². The van der Waals surface area contributed by atoms with Crippen molar-refractivity contribution in [3.05, 3.63) is 65.7 Å². The molecule has 2 aromatic carbocycles. The van der Waals surface area contributed by atoms with Crippen molar-refractivity contribution in [3.8, 4) is 0 Å². The van der Waals surface area contributed by atoms with Gasteiger partial charge >= 0.3 is 6.03 Å². The second-order valence-corrected chi connectivity index (χ2v) is 4.38. The Hall–Kier alpha value is -2.53. The number of benzene rings is 2. The molecule has 2 aromatic rings. The number of nitrogen functional groups attached to an aromatic ring is 1. The van der Waals surface area contributed by atoms with Crippen molar-refractivity contribution in [3.63, 3.8) is 0 Å². The molecule has 2 rings (SSSR count). The number of rotatable bonds is 5. The Kier molecular flexibility index (Phi) is 4.57.